The average molecular weight is 477 g/mol. The number of sulfonamides is 2. The molecule has 4 rings (SSSR count). The summed E-state index contributed by atoms with van der Waals surface area (Å²) >= 11 is 0. The first-order valence-electron chi connectivity index (χ1n) is 11.1. The molecular formula is C24H32N2O4S2. The van der Waals surface area contributed by atoms with E-state index >= 15 is 0 Å². The van der Waals surface area contributed by atoms with Gasteiger partial charge in [-0.15, -0.1) is 0 Å². The first-order chi connectivity index (χ1) is 15.0. The lowest BCUT2D eigenvalue weighted by molar-refractivity contribution is 0.133. The summed E-state index contributed by atoms with van der Waals surface area (Å²) in [5.74, 6) is 0.203. The van der Waals surface area contributed by atoms with Crippen molar-refractivity contribution in [2.24, 2.45) is 16.7 Å². The van der Waals surface area contributed by atoms with E-state index in [2.05, 4.69) is 23.3 Å². The van der Waals surface area contributed by atoms with Crippen molar-refractivity contribution in [1.29, 1.82) is 0 Å². The third-order valence-electron chi connectivity index (χ3n) is 7.85. The van der Waals surface area contributed by atoms with Crippen LogP contribution in [0.2, 0.25) is 0 Å². The van der Waals surface area contributed by atoms with Crippen molar-refractivity contribution in [3.05, 3.63) is 65.7 Å². The number of benzene rings is 2. The highest BCUT2D eigenvalue weighted by molar-refractivity contribution is 7.89. The maximum atomic E-state index is 13.2. The topological polar surface area (TPSA) is 92.3 Å². The van der Waals surface area contributed by atoms with Gasteiger partial charge in [0.2, 0.25) is 20.0 Å². The molecule has 0 aromatic heterocycles. The molecule has 0 saturated heterocycles. The molecule has 174 valence electrons. The van der Waals surface area contributed by atoms with Crippen molar-refractivity contribution >= 4 is 20.0 Å². The molecule has 0 heterocycles. The highest BCUT2D eigenvalue weighted by Gasteiger charge is 2.65. The summed E-state index contributed by atoms with van der Waals surface area (Å²) in [5.41, 5.74) is 0.935. The lowest BCUT2D eigenvalue weighted by atomic mass is 9.69. The van der Waals surface area contributed by atoms with Gasteiger partial charge >= 0.3 is 0 Å². The Morgan fingerprint density at radius 1 is 0.969 bits per heavy atom. The van der Waals surface area contributed by atoms with Crippen molar-refractivity contribution in [1.82, 2.24) is 9.44 Å². The van der Waals surface area contributed by atoms with E-state index in [4.69, 9.17) is 0 Å². The average Bonchev–Trinajstić information content (AvgIpc) is 3.08. The molecular weight excluding hydrogens is 444 g/mol. The van der Waals surface area contributed by atoms with Gasteiger partial charge in [0.25, 0.3) is 0 Å². The summed E-state index contributed by atoms with van der Waals surface area (Å²) in [7, 11) is -7.37. The molecule has 2 aliphatic rings. The molecule has 32 heavy (non-hydrogen) atoms. The molecule has 8 heteroatoms. The van der Waals surface area contributed by atoms with E-state index in [1.807, 2.05) is 37.3 Å². The van der Waals surface area contributed by atoms with Crippen LogP contribution in [0.4, 0.5) is 0 Å². The van der Waals surface area contributed by atoms with Crippen molar-refractivity contribution in [3.8, 4) is 0 Å². The third-order valence-corrected chi connectivity index (χ3v) is 10.8. The number of rotatable bonds is 8. The fourth-order valence-electron chi connectivity index (χ4n) is 5.74. The largest absolute Gasteiger partial charge is 0.240 e. The monoisotopic (exact) mass is 476 g/mol. The fraction of sp³-hybridized carbons (Fsp3) is 0.500. The second-order valence-electron chi connectivity index (χ2n) is 9.90. The summed E-state index contributed by atoms with van der Waals surface area (Å²) < 4.78 is 58.2. The molecule has 2 fully saturated rings. The van der Waals surface area contributed by atoms with Crippen LogP contribution in [0.3, 0.4) is 0 Å². The number of nitrogens with one attached hydrogen (secondary N) is 2. The molecule has 2 aromatic carbocycles. The summed E-state index contributed by atoms with van der Waals surface area (Å²) in [5, 5.41) is 0. The quantitative estimate of drug-likeness (QED) is 0.609. The van der Waals surface area contributed by atoms with Gasteiger partial charge in [-0.25, -0.2) is 26.3 Å². The minimum atomic E-state index is -3.75. The Kier molecular flexibility index (Phi) is 6.03. The van der Waals surface area contributed by atoms with Crippen LogP contribution in [0.25, 0.3) is 0 Å². The molecule has 0 amide bonds. The molecule has 0 spiro atoms. The van der Waals surface area contributed by atoms with Crippen LogP contribution in [0.1, 0.15) is 44.2 Å². The fourth-order valence-corrected chi connectivity index (χ4v) is 8.95. The Hall–Kier alpha value is -1.74. The van der Waals surface area contributed by atoms with Crippen molar-refractivity contribution in [2.45, 2.75) is 57.5 Å². The maximum absolute atomic E-state index is 13.2. The van der Waals surface area contributed by atoms with Gasteiger partial charge in [0, 0.05) is 18.0 Å². The van der Waals surface area contributed by atoms with Gasteiger partial charge in [0.1, 0.15) is 0 Å². The summed E-state index contributed by atoms with van der Waals surface area (Å²) in [6.07, 6.45) is 2.27. The highest BCUT2D eigenvalue weighted by atomic mass is 32.2. The zero-order chi connectivity index (χ0) is 23.2. The van der Waals surface area contributed by atoms with E-state index in [1.165, 1.54) is 0 Å². The van der Waals surface area contributed by atoms with Crippen LogP contribution >= 0.6 is 0 Å². The first kappa shape index (κ1) is 23.4. The van der Waals surface area contributed by atoms with Gasteiger partial charge in [-0.1, -0.05) is 61.9 Å². The van der Waals surface area contributed by atoms with Crippen molar-refractivity contribution in [3.63, 3.8) is 0 Å². The molecule has 2 aromatic rings. The Morgan fingerprint density at radius 3 is 2.25 bits per heavy atom. The zero-order valence-corrected chi connectivity index (χ0v) is 20.5. The maximum Gasteiger partial charge on any atom is 0.240 e. The normalized spacial score (nSPS) is 27.0. The van der Waals surface area contributed by atoms with Crippen LogP contribution in [-0.4, -0.2) is 28.6 Å². The minimum absolute atomic E-state index is 0.0859. The molecule has 6 nitrogen and oxygen atoms in total. The second kappa shape index (κ2) is 8.24. The molecule has 2 aliphatic carbocycles. The van der Waals surface area contributed by atoms with Crippen molar-refractivity contribution in [2.75, 3.05) is 5.75 Å². The van der Waals surface area contributed by atoms with E-state index in [-0.39, 0.29) is 28.5 Å². The number of fused-ring (bicyclic) bond motifs is 2. The van der Waals surface area contributed by atoms with Gasteiger partial charge < -0.3 is 0 Å². The van der Waals surface area contributed by atoms with E-state index in [0.717, 1.165) is 17.5 Å². The van der Waals surface area contributed by atoms with Crippen LogP contribution < -0.4 is 9.44 Å². The molecule has 0 unspecified atom stereocenters. The van der Waals surface area contributed by atoms with Crippen LogP contribution in [-0.2, 0) is 26.6 Å². The van der Waals surface area contributed by atoms with E-state index in [0.29, 0.717) is 12.8 Å². The Morgan fingerprint density at radius 2 is 1.62 bits per heavy atom. The zero-order valence-electron chi connectivity index (χ0n) is 18.8. The standard InChI is InChI=1S/C24H32N2O4S2/c1-18-9-11-21(12-10-18)32(29,30)26-22-15-20-13-14-24(22,23(20,2)3)17-31(27,28)25-16-19-7-5-4-6-8-19/h4-12,20,22,25-26H,13-17H2,1-3H3/t20-,22-,24-/m1/s1. The minimum Gasteiger partial charge on any atom is -0.212 e. The molecule has 0 aliphatic heterocycles. The van der Waals surface area contributed by atoms with E-state index in [1.54, 1.807) is 24.3 Å². The molecule has 2 bridgehead atoms. The summed E-state index contributed by atoms with van der Waals surface area (Å²) in [6, 6.07) is 15.7. The molecule has 0 radical (unpaired) electrons. The summed E-state index contributed by atoms with van der Waals surface area (Å²) in [6.45, 7) is 6.32. The van der Waals surface area contributed by atoms with Gasteiger partial charge in [-0.2, -0.15) is 0 Å². The van der Waals surface area contributed by atoms with E-state index < -0.39 is 31.5 Å². The number of hydrogen-bond acceptors (Lipinski definition) is 4. The highest BCUT2D eigenvalue weighted by Crippen LogP contribution is 2.66. The van der Waals surface area contributed by atoms with Gasteiger partial charge in [-0.05, 0) is 55.2 Å². The third kappa shape index (κ3) is 4.25. The lowest BCUT2D eigenvalue weighted by Gasteiger charge is -2.42. The van der Waals surface area contributed by atoms with Crippen LogP contribution in [0.5, 0.6) is 0 Å². The molecule has 3 atom stereocenters. The second-order valence-corrected chi connectivity index (χ2v) is 13.4. The van der Waals surface area contributed by atoms with Crippen LogP contribution in [0, 0.1) is 23.7 Å². The predicted molar refractivity (Wildman–Crippen MR) is 126 cm³/mol. The number of aryl methyl sites for hydroxylation is 1. The number of hydrogen-bond donors (Lipinski definition) is 2. The van der Waals surface area contributed by atoms with Crippen molar-refractivity contribution < 1.29 is 16.8 Å². The SMILES string of the molecule is Cc1ccc(S(=O)(=O)N[C@@H]2C[C@H]3CC[C@]2(CS(=O)(=O)NCc2ccccc2)C3(C)C)cc1. The van der Waals surface area contributed by atoms with Gasteiger partial charge in [0.15, 0.2) is 0 Å². The lowest BCUT2D eigenvalue weighted by Crippen LogP contribution is -2.53. The predicted octanol–water partition coefficient (Wildman–Crippen LogP) is 3.59. The molecule has 2 N–H and O–H groups in total. The first-order valence-corrected chi connectivity index (χ1v) is 14.2. The molecule has 2 saturated carbocycles. The van der Waals surface area contributed by atoms with Gasteiger partial charge in [-0.3, -0.25) is 0 Å². The van der Waals surface area contributed by atoms with Crippen LogP contribution in [0.15, 0.2) is 59.5 Å². The summed E-state index contributed by atoms with van der Waals surface area (Å²) in [4.78, 5) is 0.212. The Bertz CT molecular complexity index is 1180. The smallest absolute Gasteiger partial charge is 0.212 e. The Balaban J connectivity index is 1.58. The van der Waals surface area contributed by atoms with Gasteiger partial charge in [0.05, 0.1) is 10.6 Å². The Labute approximate surface area is 191 Å². The van der Waals surface area contributed by atoms with E-state index in [9.17, 15) is 16.8 Å².